The van der Waals surface area contributed by atoms with Crippen LogP contribution in [0, 0.1) is 5.92 Å². The van der Waals surface area contributed by atoms with Crippen molar-refractivity contribution in [3.63, 3.8) is 0 Å². The Morgan fingerprint density at radius 2 is 2.11 bits per heavy atom. The number of carbonyl (C=O) groups is 2. The van der Waals surface area contributed by atoms with Crippen molar-refractivity contribution in [3.05, 3.63) is 23.9 Å². The summed E-state index contributed by atoms with van der Waals surface area (Å²) in [6.45, 7) is 6.07. The van der Waals surface area contributed by atoms with Gasteiger partial charge in [0, 0.05) is 17.2 Å². The van der Waals surface area contributed by atoms with E-state index in [4.69, 9.17) is 20.9 Å². The number of nitrogens with one attached hydrogen (secondary N) is 1. The van der Waals surface area contributed by atoms with E-state index in [0.29, 0.717) is 41.1 Å². The van der Waals surface area contributed by atoms with Crippen LogP contribution in [0.4, 0.5) is 5.69 Å². The Bertz CT molecular complexity index is 913. The van der Waals surface area contributed by atoms with Crippen molar-refractivity contribution >= 4 is 28.3 Å². The van der Waals surface area contributed by atoms with Crippen LogP contribution in [0.25, 0.3) is 10.8 Å². The Labute approximate surface area is 163 Å². The van der Waals surface area contributed by atoms with Crippen LogP contribution in [0.2, 0.25) is 0 Å². The second-order valence-corrected chi connectivity index (χ2v) is 7.30. The summed E-state index contributed by atoms with van der Waals surface area (Å²) in [6.07, 6.45) is 2.73. The highest BCUT2D eigenvalue weighted by molar-refractivity contribution is 6.05. The lowest BCUT2D eigenvalue weighted by atomic mass is 9.98. The summed E-state index contributed by atoms with van der Waals surface area (Å²) < 4.78 is 11.7. The van der Waals surface area contributed by atoms with Gasteiger partial charge in [-0.1, -0.05) is 13.3 Å². The van der Waals surface area contributed by atoms with Crippen molar-refractivity contribution in [2.24, 2.45) is 11.7 Å². The van der Waals surface area contributed by atoms with Crippen LogP contribution < -0.4 is 26.3 Å². The highest BCUT2D eigenvalue weighted by Crippen LogP contribution is 2.34. The minimum absolute atomic E-state index is 0.0364. The van der Waals surface area contributed by atoms with Crippen molar-refractivity contribution in [1.29, 1.82) is 0 Å². The summed E-state index contributed by atoms with van der Waals surface area (Å²) in [5.74, 6) is 0.386. The number of hydrogen-bond acceptors (Lipinski definition) is 6. The van der Waals surface area contributed by atoms with Gasteiger partial charge in [0.15, 0.2) is 0 Å². The molecule has 150 valence electrons. The van der Waals surface area contributed by atoms with Gasteiger partial charge < -0.3 is 26.3 Å². The molecule has 0 spiro atoms. The summed E-state index contributed by atoms with van der Waals surface area (Å²) in [7, 11) is 0. The molecule has 5 N–H and O–H groups in total. The minimum atomic E-state index is -0.601. The van der Waals surface area contributed by atoms with Gasteiger partial charge in [-0.15, -0.1) is 0 Å². The quantitative estimate of drug-likeness (QED) is 0.667. The average Bonchev–Trinajstić information content (AvgIpc) is 3.00. The summed E-state index contributed by atoms with van der Waals surface area (Å²) in [4.78, 5) is 27.8. The van der Waals surface area contributed by atoms with Crippen LogP contribution in [0.15, 0.2) is 18.3 Å². The topological polar surface area (TPSA) is 130 Å². The van der Waals surface area contributed by atoms with E-state index in [2.05, 4.69) is 17.2 Å². The van der Waals surface area contributed by atoms with Crippen molar-refractivity contribution in [2.45, 2.75) is 45.8 Å². The predicted octanol–water partition coefficient (Wildman–Crippen LogP) is 2.00. The first-order chi connectivity index (χ1) is 13.3. The molecule has 0 radical (unpaired) electrons. The SMILES string of the molecule is CC[C@@H]1CC(=O)N[C@@H]1COc1ncc(N)c2cc(C(N)=O)c(OC(C)C)cc12. The molecule has 0 saturated carbocycles. The number of anilines is 1. The number of pyridine rings is 1. The average molecular weight is 386 g/mol. The number of benzene rings is 1. The molecule has 1 aromatic carbocycles. The number of nitrogen functional groups attached to an aromatic ring is 1. The van der Waals surface area contributed by atoms with Gasteiger partial charge in [0.2, 0.25) is 11.8 Å². The van der Waals surface area contributed by atoms with Crippen molar-refractivity contribution in [3.8, 4) is 11.6 Å². The fourth-order valence-electron chi connectivity index (χ4n) is 3.46. The number of nitrogens with zero attached hydrogens (tertiary/aromatic N) is 1. The molecule has 0 aliphatic carbocycles. The molecule has 2 atom stereocenters. The lowest BCUT2D eigenvalue weighted by molar-refractivity contribution is -0.119. The molecule has 0 bridgehead atoms. The first kappa shape index (κ1) is 19.7. The summed E-state index contributed by atoms with van der Waals surface area (Å²) >= 11 is 0. The lowest BCUT2D eigenvalue weighted by Crippen LogP contribution is -2.34. The Kier molecular flexibility index (Phi) is 5.58. The van der Waals surface area contributed by atoms with Crippen LogP contribution in [0.5, 0.6) is 11.6 Å². The van der Waals surface area contributed by atoms with Crippen molar-refractivity contribution < 1.29 is 19.1 Å². The molecule has 2 heterocycles. The molecule has 2 amide bonds. The molecular formula is C20H26N4O4. The second kappa shape index (κ2) is 7.92. The van der Waals surface area contributed by atoms with E-state index in [9.17, 15) is 9.59 Å². The van der Waals surface area contributed by atoms with E-state index in [0.717, 1.165) is 6.42 Å². The molecule has 1 aromatic heterocycles. The molecule has 8 nitrogen and oxygen atoms in total. The Hall–Kier alpha value is -3.03. The zero-order chi connectivity index (χ0) is 20.4. The van der Waals surface area contributed by atoms with Crippen LogP contribution in [-0.2, 0) is 4.79 Å². The van der Waals surface area contributed by atoms with Gasteiger partial charge in [0.25, 0.3) is 5.91 Å². The van der Waals surface area contributed by atoms with Gasteiger partial charge in [-0.3, -0.25) is 9.59 Å². The third kappa shape index (κ3) is 3.95. The van der Waals surface area contributed by atoms with Crippen LogP contribution in [0.1, 0.15) is 44.0 Å². The number of hydrogen-bond donors (Lipinski definition) is 3. The predicted molar refractivity (Wildman–Crippen MR) is 106 cm³/mol. The number of ether oxygens (including phenoxy) is 2. The number of primary amides is 1. The van der Waals surface area contributed by atoms with E-state index >= 15 is 0 Å². The molecule has 1 fully saturated rings. The third-order valence-electron chi connectivity index (χ3n) is 4.90. The maximum absolute atomic E-state index is 11.9. The van der Waals surface area contributed by atoms with E-state index in [1.165, 1.54) is 6.20 Å². The largest absolute Gasteiger partial charge is 0.490 e. The molecule has 0 unspecified atom stereocenters. The van der Waals surface area contributed by atoms with Crippen LogP contribution in [0.3, 0.4) is 0 Å². The Balaban J connectivity index is 1.97. The second-order valence-electron chi connectivity index (χ2n) is 7.30. The highest BCUT2D eigenvalue weighted by atomic mass is 16.5. The van der Waals surface area contributed by atoms with Gasteiger partial charge >= 0.3 is 0 Å². The van der Waals surface area contributed by atoms with Crippen molar-refractivity contribution in [2.75, 3.05) is 12.3 Å². The Morgan fingerprint density at radius 1 is 1.36 bits per heavy atom. The molecule has 2 aromatic rings. The van der Waals surface area contributed by atoms with Gasteiger partial charge in [-0.25, -0.2) is 4.98 Å². The van der Waals surface area contributed by atoms with Gasteiger partial charge in [0.05, 0.1) is 29.6 Å². The zero-order valence-corrected chi connectivity index (χ0v) is 16.3. The summed E-state index contributed by atoms with van der Waals surface area (Å²) in [6, 6.07) is 3.22. The highest BCUT2D eigenvalue weighted by Gasteiger charge is 2.31. The monoisotopic (exact) mass is 386 g/mol. The molecule has 3 rings (SSSR count). The molecule has 1 saturated heterocycles. The number of fused-ring (bicyclic) bond motifs is 1. The maximum Gasteiger partial charge on any atom is 0.252 e. The minimum Gasteiger partial charge on any atom is -0.490 e. The summed E-state index contributed by atoms with van der Waals surface area (Å²) in [5.41, 5.74) is 12.2. The van der Waals surface area contributed by atoms with E-state index < -0.39 is 5.91 Å². The number of aromatic nitrogens is 1. The van der Waals surface area contributed by atoms with Crippen molar-refractivity contribution in [1.82, 2.24) is 10.3 Å². The molecular weight excluding hydrogens is 360 g/mol. The smallest absolute Gasteiger partial charge is 0.252 e. The number of rotatable bonds is 7. The number of carbonyl (C=O) groups excluding carboxylic acids is 2. The Morgan fingerprint density at radius 3 is 2.75 bits per heavy atom. The maximum atomic E-state index is 11.9. The van der Waals surface area contributed by atoms with Gasteiger partial charge in [-0.2, -0.15) is 0 Å². The lowest BCUT2D eigenvalue weighted by Gasteiger charge is -2.19. The van der Waals surface area contributed by atoms with Crippen LogP contribution in [-0.4, -0.2) is 35.6 Å². The fourth-order valence-corrected chi connectivity index (χ4v) is 3.46. The zero-order valence-electron chi connectivity index (χ0n) is 16.3. The first-order valence-electron chi connectivity index (χ1n) is 9.41. The van der Waals surface area contributed by atoms with E-state index in [1.807, 2.05) is 13.8 Å². The molecule has 1 aliphatic rings. The standard InChI is InChI=1S/C20H26N4O4/c1-4-11-5-18(25)24-16(11)9-27-20-13-7-17(28-10(2)3)14(19(22)26)6-12(13)15(21)8-23-20/h6-8,10-11,16H,4-5,9,21H2,1-3H3,(H2,22,26)(H,24,25)/t11-,16-/m1/s1. The molecule has 8 heteroatoms. The molecule has 28 heavy (non-hydrogen) atoms. The first-order valence-corrected chi connectivity index (χ1v) is 9.41. The van der Waals surface area contributed by atoms with E-state index in [-0.39, 0.29) is 29.5 Å². The number of nitrogens with two attached hydrogens (primary N) is 2. The summed E-state index contributed by atoms with van der Waals surface area (Å²) in [5, 5.41) is 4.18. The van der Waals surface area contributed by atoms with Gasteiger partial charge in [-0.05, 0) is 31.9 Å². The van der Waals surface area contributed by atoms with Crippen LogP contribution >= 0.6 is 0 Å². The van der Waals surface area contributed by atoms with E-state index in [1.54, 1.807) is 12.1 Å². The normalized spacial score (nSPS) is 19.1. The molecule has 1 aliphatic heterocycles. The third-order valence-corrected chi connectivity index (χ3v) is 4.90. The fraction of sp³-hybridized carbons (Fsp3) is 0.450. The number of amides is 2. The van der Waals surface area contributed by atoms with Gasteiger partial charge in [0.1, 0.15) is 12.4 Å².